The number of nitro benzene ring substituents is 1. The fraction of sp³-hybridized carbons (Fsp3) is 0.0769. The van der Waals surface area contributed by atoms with Gasteiger partial charge < -0.3 is 4.74 Å². The summed E-state index contributed by atoms with van der Waals surface area (Å²) in [5, 5.41) is 11.5. The van der Waals surface area contributed by atoms with Gasteiger partial charge in [-0.15, -0.1) is 0 Å². The molecule has 0 radical (unpaired) electrons. The standard InChI is InChI=1S/C13H9Cl2NO3/c14-10-5-2-1-4-9(10)8-19-12-7-3-6-11(15)13(12)16(17)18/h1-7H,8H2. The largest absolute Gasteiger partial charge is 0.482 e. The van der Waals surface area contributed by atoms with Crippen LogP contribution in [0, 0.1) is 10.1 Å². The first-order chi connectivity index (χ1) is 9.09. The molecule has 0 N–H and O–H groups in total. The maximum absolute atomic E-state index is 10.9. The van der Waals surface area contributed by atoms with Gasteiger partial charge in [-0.3, -0.25) is 10.1 Å². The van der Waals surface area contributed by atoms with Crippen LogP contribution in [0.5, 0.6) is 5.75 Å². The van der Waals surface area contributed by atoms with Gasteiger partial charge in [0, 0.05) is 10.6 Å². The molecule has 0 aromatic heterocycles. The van der Waals surface area contributed by atoms with Crippen LogP contribution in [0.25, 0.3) is 0 Å². The van der Waals surface area contributed by atoms with Gasteiger partial charge in [0.2, 0.25) is 0 Å². The second-order valence-corrected chi connectivity index (χ2v) is 4.54. The van der Waals surface area contributed by atoms with Crippen molar-refractivity contribution in [3.05, 3.63) is 68.2 Å². The molecular weight excluding hydrogens is 289 g/mol. The van der Waals surface area contributed by atoms with E-state index in [0.717, 1.165) is 5.56 Å². The third kappa shape index (κ3) is 3.16. The van der Waals surface area contributed by atoms with E-state index in [9.17, 15) is 10.1 Å². The van der Waals surface area contributed by atoms with E-state index in [4.69, 9.17) is 27.9 Å². The molecule has 0 spiro atoms. The highest BCUT2D eigenvalue weighted by Gasteiger charge is 2.19. The van der Waals surface area contributed by atoms with E-state index in [1.54, 1.807) is 24.3 Å². The quantitative estimate of drug-likeness (QED) is 0.617. The van der Waals surface area contributed by atoms with E-state index in [2.05, 4.69) is 0 Å². The topological polar surface area (TPSA) is 52.4 Å². The number of hydrogen-bond acceptors (Lipinski definition) is 3. The summed E-state index contributed by atoms with van der Waals surface area (Å²) in [5.74, 6) is 0.123. The molecule has 0 aliphatic heterocycles. The molecule has 0 saturated carbocycles. The van der Waals surface area contributed by atoms with Crippen LogP contribution >= 0.6 is 23.2 Å². The molecule has 0 fully saturated rings. The van der Waals surface area contributed by atoms with E-state index >= 15 is 0 Å². The molecule has 2 aromatic carbocycles. The molecule has 6 heteroatoms. The number of ether oxygens (including phenoxy) is 1. The molecule has 19 heavy (non-hydrogen) atoms. The van der Waals surface area contributed by atoms with Crippen molar-refractivity contribution in [2.75, 3.05) is 0 Å². The van der Waals surface area contributed by atoms with Crippen LogP contribution in [0.1, 0.15) is 5.56 Å². The highest BCUT2D eigenvalue weighted by atomic mass is 35.5. The van der Waals surface area contributed by atoms with Gasteiger partial charge in [0.1, 0.15) is 11.6 Å². The third-order valence-electron chi connectivity index (χ3n) is 2.47. The smallest absolute Gasteiger partial charge is 0.329 e. The van der Waals surface area contributed by atoms with Crippen LogP contribution in [0.3, 0.4) is 0 Å². The fourth-order valence-electron chi connectivity index (χ4n) is 1.56. The Hall–Kier alpha value is -1.78. The lowest BCUT2D eigenvalue weighted by Crippen LogP contribution is -2.00. The van der Waals surface area contributed by atoms with Gasteiger partial charge in [-0.1, -0.05) is 47.5 Å². The van der Waals surface area contributed by atoms with Gasteiger partial charge in [-0.25, -0.2) is 0 Å². The molecule has 0 heterocycles. The van der Waals surface area contributed by atoms with Crippen LogP contribution in [0.15, 0.2) is 42.5 Å². The predicted molar refractivity (Wildman–Crippen MR) is 73.9 cm³/mol. The minimum atomic E-state index is -0.565. The van der Waals surface area contributed by atoms with Crippen molar-refractivity contribution in [3.63, 3.8) is 0 Å². The molecular formula is C13H9Cl2NO3. The predicted octanol–water partition coefficient (Wildman–Crippen LogP) is 4.48. The summed E-state index contributed by atoms with van der Waals surface area (Å²) in [5.41, 5.74) is 0.509. The summed E-state index contributed by atoms with van der Waals surface area (Å²) in [6, 6.07) is 11.7. The SMILES string of the molecule is O=[N+]([O-])c1c(Cl)cccc1OCc1ccccc1Cl. The number of rotatable bonds is 4. The second kappa shape index (κ2) is 5.91. The molecule has 4 nitrogen and oxygen atoms in total. The van der Waals surface area contributed by atoms with Gasteiger partial charge in [-0.2, -0.15) is 0 Å². The number of nitro groups is 1. The van der Waals surface area contributed by atoms with Crippen molar-refractivity contribution in [1.82, 2.24) is 0 Å². The van der Waals surface area contributed by atoms with E-state index in [-0.39, 0.29) is 23.1 Å². The zero-order chi connectivity index (χ0) is 13.8. The average Bonchev–Trinajstić information content (AvgIpc) is 2.37. The van der Waals surface area contributed by atoms with E-state index in [1.807, 2.05) is 6.07 Å². The third-order valence-corrected chi connectivity index (χ3v) is 3.15. The Kier molecular flexibility index (Phi) is 4.24. The monoisotopic (exact) mass is 297 g/mol. The number of hydrogen-bond donors (Lipinski definition) is 0. The van der Waals surface area contributed by atoms with Crippen molar-refractivity contribution >= 4 is 28.9 Å². The van der Waals surface area contributed by atoms with Crippen LogP contribution in [-0.2, 0) is 6.61 Å². The Morgan fingerprint density at radius 3 is 2.42 bits per heavy atom. The summed E-state index contributed by atoms with van der Waals surface area (Å²) in [4.78, 5) is 10.4. The van der Waals surface area contributed by atoms with Crippen molar-refractivity contribution in [2.45, 2.75) is 6.61 Å². The van der Waals surface area contributed by atoms with Crippen molar-refractivity contribution in [2.24, 2.45) is 0 Å². The van der Waals surface area contributed by atoms with Gasteiger partial charge >= 0.3 is 5.69 Å². The summed E-state index contributed by atoms with van der Waals surface area (Å²) < 4.78 is 5.44. The highest BCUT2D eigenvalue weighted by Crippen LogP contribution is 2.34. The minimum absolute atomic E-state index is 0.0432. The zero-order valence-electron chi connectivity index (χ0n) is 9.68. The van der Waals surface area contributed by atoms with Crippen molar-refractivity contribution in [3.8, 4) is 5.75 Å². The Morgan fingerprint density at radius 1 is 1.05 bits per heavy atom. The first-order valence-electron chi connectivity index (χ1n) is 5.38. The molecule has 0 atom stereocenters. The highest BCUT2D eigenvalue weighted by molar-refractivity contribution is 6.33. The maximum atomic E-state index is 10.9. The van der Waals surface area contributed by atoms with Crippen LogP contribution in [-0.4, -0.2) is 4.92 Å². The van der Waals surface area contributed by atoms with Crippen molar-refractivity contribution < 1.29 is 9.66 Å². The summed E-state index contributed by atoms with van der Waals surface area (Å²) in [6.07, 6.45) is 0. The summed E-state index contributed by atoms with van der Waals surface area (Å²) in [7, 11) is 0. The average molecular weight is 298 g/mol. The molecule has 2 aromatic rings. The van der Waals surface area contributed by atoms with Crippen LogP contribution < -0.4 is 4.74 Å². The maximum Gasteiger partial charge on any atom is 0.329 e. The van der Waals surface area contributed by atoms with E-state index in [0.29, 0.717) is 5.02 Å². The van der Waals surface area contributed by atoms with Gasteiger partial charge in [-0.05, 0) is 18.2 Å². The molecule has 0 aliphatic rings. The normalized spacial score (nSPS) is 10.2. The second-order valence-electron chi connectivity index (χ2n) is 3.72. The van der Waals surface area contributed by atoms with Gasteiger partial charge in [0.25, 0.3) is 0 Å². The molecule has 98 valence electrons. The first-order valence-corrected chi connectivity index (χ1v) is 6.14. The first kappa shape index (κ1) is 13.6. The number of nitrogens with zero attached hydrogens (tertiary/aromatic N) is 1. The minimum Gasteiger partial charge on any atom is -0.482 e. The summed E-state index contributed by atoms with van der Waals surface area (Å²) in [6.45, 7) is 0.140. The van der Waals surface area contributed by atoms with E-state index < -0.39 is 4.92 Å². The Morgan fingerprint density at radius 2 is 1.74 bits per heavy atom. The molecule has 0 saturated heterocycles. The molecule has 0 unspecified atom stereocenters. The Labute approximate surface area is 119 Å². The lowest BCUT2D eigenvalue weighted by Gasteiger charge is -2.08. The number of para-hydroxylation sites is 1. The Balaban J connectivity index is 2.23. The zero-order valence-corrected chi connectivity index (χ0v) is 11.2. The van der Waals surface area contributed by atoms with E-state index in [1.165, 1.54) is 12.1 Å². The van der Waals surface area contributed by atoms with Crippen molar-refractivity contribution in [1.29, 1.82) is 0 Å². The van der Waals surface area contributed by atoms with Crippen LogP contribution in [0.2, 0.25) is 10.0 Å². The number of halogens is 2. The molecule has 0 amide bonds. The van der Waals surface area contributed by atoms with Gasteiger partial charge in [0.15, 0.2) is 5.75 Å². The number of benzene rings is 2. The molecule has 0 aliphatic carbocycles. The molecule has 2 rings (SSSR count). The molecule has 0 bridgehead atoms. The van der Waals surface area contributed by atoms with Gasteiger partial charge in [0.05, 0.1) is 4.92 Å². The lowest BCUT2D eigenvalue weighted by molar-refractivity contribution is -0.385. The Bertz CT molecular complexity index is 617. The summed E-state index contributed by atoms with van der Waals surface area (Å²) >= 11 is 11.8. The lowest BCUT2D eigenvalue weighted by atomic mass is 10.2. The fourth-order valence-corrected chi connectivity index (χ4v) is 1.99. The van der Waals surface area contributed by atoms with Crippen LogP contribution in [0.4, 0.5) is 5.69 Å².